The van der Waals surface area contributed by atoms with Gasteiger partial charge in [-0.15, -0.1) is 0 Å². The summed E-state index contributed by atoms with van der Waals surface area (Å²) in [4.78, 5) is 68.1. The zero-order chi connectivity index (χ0) is 53.5. The third kappa shape index (κ3) is 13.6. The van der Waals surface area contributed by atoms with E-state index in [1.54, 1.807) is 66.7 Å². The van der Waals surface area contributed by atoms with Gasteiger partial charge in [0, 0.05) is 111 Å². The number of halogens is 1. The molecule has 2 saturated heterocycles. The predicted molar refractivity (Wildman–Crippen MR) is 285 cm³/mol. The largest absolute Gasteiger partial charge is 0.507 e. The average molecular weight is 1130 g/mol. The number of nitrogens with one attached hydrogen (secondary N) is 2. The Bertz CT molecular complexity index is 2570. The van der Waals surface area contributed by atoms with Crippen LogP contribution in [0.5, 0.6) is 17.2 Å². The van der Waals surface area contributed by atoms with Crippen molar-refractivity contribution in [3.05, 3.63) is 58.0 Å². The van der Waals surface area contributed by atoms with Crippen molar-refractivity contribution in [1.82, 2.24) is 15.1 Å². The van der Waals surface area contributed by atoms with Gasteiger partial charge in [-0.3, -0.25) is 29.1 Å². The van der Waals surface area contributed by atoms with Crippen molar-refractivity contribution >= 4 is 63.1 Å². The van der Waals surface area contributed by atoms with Gasteiger partial charge in [-0.05, 0) is 38.2 Å². The number of hydrogen-bond donors (Lipinski definition) is 6. The Kier molecular flexibility index (Phi) is 19.6. The lowest BCUT2D eigenvalue weighted by molar-refractivity contribution is -0.162. The van der Waals surface area contributed by atoms with Crippen molar-refractivity contribution in [2.24, 2.45) is 39.6 Å². The number of amides is 2. The van der Waals surface area contributed by atoms with Crippen LogP contribution in [0.1, 0.15) is 104 Å². The number of rotatable bonds is 10. The highest BCUT2D eigenvalue weighted by molar-refractivity contribution is 14.1. The minimum Gasteiger partial charge on any atom is -0.507 e. The van der Waals surface area contributed by atoms with E-state index in [1.165, 1.54) is 12.3 Å². The molecule has 19 heteroatoms. The van der Waals surface area contributed by atoms with Gasteiger partial charge in [-0.1, -0.05) is 82.4 Å². The van der Waals surface area contributed by atoms with E-state index in [0.29, 0.717) is 74.6 Å². The minimum absolute atomic E-state index is 0.00341. The average Bonchev–Trinajstić information content (AvgIpc) is 3.72. The van der Waals surface area contributed by atoms with E-state index in [-0.39, 0.29) is 49.9 Å². The molecule has 6 N–H and O–H groups in total. The van der Waals surface area contributed by atoms with E-state index in [2.05, 4.69) is 54.9 Å². The molecule has 7 rings (SSSR count). The van der Waals surface area contributed by atoms with Crippen LogP contribution in [0.4, 0.5) is 5.69 Å². The standard InChI is InChI=1S/C54H77IN6O12/c1-11-37-15-24-71-53(9,10)73-51-36(8)48(67)42-41(38(51)29-62)43-44(59-54(58-43)16-19-61(20-17-54)28-32(4)55)45(49(42)68)57-52(69)31(3)14-12-13-30(2)46(65)34(6)47(66)35(7)50(33(37)5)72-40(64)27-39(63)56-18-21-60-22-25-70-26-23-60/h12-15,24,29-30,32-35,37,46-47,50,58,65-68H,11,16-23,25-28H2,1-10H3,(H,56,63)/b13-12+,24-15+,31-14-,57-45?/t30-,32?,33+,34+,35+,37-,46-,47+,50+/m0/s1. The van der Waals surface area contributed by atoms with Gasteiger partial charge in [0.25, 0.3) is 5.91 Å². The second-order valence-corrected chi connectivity index (χ2v) is 23.0. The van der Waals surface area contributed by atoms with Crippen LogP contribution >= 0.6 is 22.6 Å². The molecule has 0 aromatic heterocycles. The van der Waals surface area contributed by atoms with E-state index >= 15 is 0 Å². The molecule has 0 aliphatic carbocycles. The number of ether oxygens (including phenoxy) is 4. The lowest BCUT2D eigenvalue weighted by atomic mass is 9.76. The second kappa shape index (κ2) is 24.8. The number of anilines is 1. The molecule has 5 heterocycles. The van der Waals surface area contributed by atoms with Gasteiger partial charge in [0.05, 0.1) is 48.3 Å². The molecular formula is C54H77IN6O12. The number of alkyl halides is 1. The Balaban J connectivity index is 1.40. The van der Waals surface area contributed by atoms with Gasteiger partial charge >= 0.3 is 5.97 Å². The number of phenols is 2. The number of hydrogen-bond acceptors (Lipinski definition) is 16. The highest BCUT2D eigenvalue weighted by Gasteiger charge is 2.42. The fourth-order valence-corrected chi connectivity index (χ4v) is 11.0. The van der Waals surface area contributed by atoms with Crippen LogP contribution in [0.3, 0.4) is 0 Å². The molecule has 5 aliphatic heterocycles. The summed E-state index contributed by atoms with van der Waals surface area (Å²) in [7, 11) is 0. The summed E-state index contributed by atoms with van der Waals surface area (Å²) in [5.41, 5.74) is -0.242. The van der Waals surface area contributed by atoms with Crippen molar-refractivity contribution in [1.29, 1.82) is 0 Å². The molecule has 9 atom stereocenters. The number of morpholine rings is 1. The van der Waals surface area contributed by atoms with Gasteiger partial charge in [-0.2, -0.15) is 0 Å². The minimum atomic E-state index is -1.48. The predicted octanol–water partition coefficient (Wildman–Crippen LogP) is 5.38. The number of carbonyl (C=O) groups excluding carboxylic acids is 4. The van der Waals surface area contributed by atoms with E-state index in [9.17, 15) is 39.6 Å². The maximum Gasteiger partial charge on any atom is 0.315 e. The maximum atomic E-state index is 14.0. The second-order valence-electron chi connectivity index (χ2n) is 20.9. The number of aliphatic hydroxyl groups is 2. The van der Waals surface area contributed by atoms with Crippen molar-refractivity contribution < 1.29 is 58.6 Å². The highest BCUT2D eigenvalue weighted by atomic mass is 127. The smallest absolute Gasteiger partial charge is 0.315 e. The first-order valence-electron chi connectivity index (χ1n) is 25.7. The van der Waals surface area contributed by atoms with Crippen LogP contribution in [-0.4, -0.2) is 147 Å². The van der Waals surface area contributed by atoms with E-state index < -0.39 is 89.1 Å². The zero-order valence-electron chi connectivity index (χ0n) is 44.1. The topological polar surface area (TPSA) is 241 Å². The normalized spacial score (nSPS) is 29.2. The van der Waals surface area contributed by atoms with Crippen LogP contribution < -0.4 is 26.1 Å². The SMILES string of the molecule is CC[C@H]1/C=C/OC(C)(C)Oc2c(C)c(O)c3c(O)c(c4c(c3c2C=O)NC2(CCN(CC(C)I)CC2)N=4)=NC(=O)/C(C)=C\C=C\[C@H](C)[C@H](O)[C@@H](C)[C@@H](O)[C@@H](C)[C@H](OC(=O)CC(=O)NCCN2CCOCC2)[C@@H]1C. The van der Waals surface area contributed by atoms with Crippen LogP contribution in [0.15, 0.2) is 46.1 Å². The van der Waals surface area contributed by atoms with Crippen LogP contribution in [0.2, 0.25) is 0 Å². The summed E-state index contributed by atoms with van der Waals surface area (Å²) in [6, 6.07) is 0. The number of aromatic hydroxyl groups is 2. The number of likely N-dealkylation sites (tertiary alicyclic amines) is 1. The van der Waals surface area contributed by atoms with E-state index in [0.717, 1.165) is 19.6 Å². The zero-order valence-corrected chi connectivity index (χ0v) is 46.2. The quantitative estimate of drug-likeness (QED) is 0.0437. The van der Waals surface area contributed by atoms with Crippen molar-refractivity contribution in [2.45, 2.75) is 129 Å². The molecule has 0 saturated carbocycles. The molecule has 4 bridgehead atoms. The molecule has 18 nitrogen and oxygen atoms in total. The number of phenolic OH excluding ortho intramolecular Hbond substituents is 2. The third-order valence-electron chi connectivity index (χ3n) is 15.0. The molecule has 402 valence electrons. The number of piperidine rings is 1. The van der Waals surface area contributed by atoms with Gasteiger partial charge in [-0.25, -0.2) is 4.99 Å². The van der Waals surface area contributed by atoms with Gasteiger partial charge < -0.3 is 54.9 Å². The molecule has 5 aliphatic rings. The first-order chi connectivity index (χ1) is 34.5. The van der Waals surface area contributed by atoms with Crippen LogP contribution in [0.25, 0.3) is 10.8 Å². The molecule has 2 amide bonds. The Morgan fingerprint density at radius 3 is 2.30 bits per heavy atom. The van der Waals surface area contributed by atoms with E-state index in [4.69, 9.17) is 23.9 Å². The third-order valence-corrected chi connectivity index (χ3v) is 15.4. The molecule has 1 spiro atoms. The Hall–Kier alpha value is -4.67. The number of esters is 1. The first kappa shape index (κ1) is 57.6. The molecular weight excluding hydrogens is 1050 g/mol. The summed E-state index contributed by atoms with van der Waals surface area (Å²) in [6.07, 6.45) is 6.68. The van der Waals surface area contributed by atoms with Crippen molar-refractivity contribution in [3.63, 3.8) is 0 Å². The number of nitrogens with zero attached hydrogens (tertiary/aromatic N) is 4. The first-order valence-corrected chi connectivity index (χ1v) is 26.9. The van der Waals surface area contributed by atoms with Crippen molar-refractivity contribution in [2.75, 3.05) is 64.3 Å². The molecule has 2 aromatic carbocycles. The number of aldehydes is 1. The van der Waals surface area contributed by atoms with E-state index in [1.807, 2.05) is 13.8 Å². The maximum absolute atomic E-state index is 14.0. The highest BCUT2D eigenvalue weighted by Crippen LogP contribution is 2.47. The van der Waals surface area contributed by atoms with Gasteiger partial charge in [0.15, 0.2) is 12.0 Å². The molecule has 2 aromatic rings. The summed E-state index contributed by atoms with van der Waals surface area (Å²) in [6.45, 7) is 23.7. The Morgan fingerprint density at radius 1 is 0.973 bits per heavy atom. The summed E-state index contributed by atoms with van der Waals surface area (Å²) in [5.74, 6) is -7.13. The van der Waals surface area contributed by atoms with Gasteiger partial charge in [0.2, 0.25) is 11.7 Å². The summed E-state index contributed by atoms with van der Waals surface area (Å²) in [5, 5.41) is 54.2. The van der Waals surface area contributed by atoms with Crippen molar-refractivity contribution in [3.8, 4) is 17.2 Å². The van der Waals surface area contributed by atoms with Crippen LogP contribution in [-0.2, 0) is 28.6 Å². The Morgan fingerprint density at radius 2 is 1.66 bits per heavy atom. The monoisotopic (exact) mass is 1130 g/mol. The fourth-order valence-electron chi connectivity index (χ4n) is 10.4. The summed E-state index contributed by atoms with van der Waals surface area (Å²) < 4.78 is 24.7. The number of benzene rings is 2. The summed E-state index contributed by atoms with van der Waals surface area (Å²) >= 11 is 2.40. The lowest BCUT2D eigenvalue weighted by Crippen LogP contribution is -2.47. The lowest BCUT2D eigenvalue weighted by Gasteiger charge is -2.38. The Labute approximate surface area is 442 Å². The number of aliphatic hydroxyl groups excluding tert-OH is 2. The number of fused-ring (bicyclic) bond motifs is 16. The molecule has 1 unspecified atom stereocenters. The van der Waals surface area contributed by atoms with Crippen LogP contribution in [0, 0.1) is 36.5 Å². The number of carbonyl (C=O) groups is 4. The van der Waals surface area contributed by atoms with Gasteiger partial charge in [0.1, 0.15) is 40.4 Å². The fraction of sp³-hybridized carbons (Fsp3) is 0.630. The number of allylic oxidation sites excluding steroid dienone is 3. The molecule has 2 fully saturated rings. The molecule has 73 heavy (non-hydrogen) atoms. The molecule has 0 radical (unpaired) electrons.